The molecular formula is C27H27ClF3N5O3. The van der Waals surface area contributed by atoms with Crippen LogP contribution < -0.4 is 26.0 Å². The molecule has 1 aromatic heterocycles. The number of nitrogens with two attached hydrogens (primary N) is 1. The Labute approximate surface area is 228 Å². The van der Waals surface area contributed by atoms with Gasteiger partial charge in [-0.15, -0.1) is 0 Å². The molecule has 1 aliphatic rings. The largest absolute Gasteiger partial charge is 0.488 e. The van der Waals surface area contributed by atoms with Crippen LogP contribution >= 0.6 is 11.6 Å². The van der Waals surface area contributed by atoms with Crippen LogP contribution in [-0.2, 0) is 11.2 Å². The summed E-state index contributed by atoms with van der Waals surface area (Å²) in [6, 6.07) is 13.2. The minimum Gasteiger partial charge on any atom is -0.488 e. The Morgan fingerprint density at radius 2 is 1.97 bits per heavy atom. The Morgan fingerprint density at radius 3 is 2.64 bits per heavy atom. The van der Waals surface area contributed by atoms with Crippen LogP contribution in [0.5, 0.6) is 5.75 Å². The minimum atomic E-state index is -5.22. The summed E-state index contributed by atoms with van der Waals surface area (Å²) in [5.74, 6) is -2.78. The van der Waals surface area contributed by atoms with Gasteiger partial charge in [-0.3, -0.25) is 14.5 Å². The summed E-state index contributed by atoms with van der Waals surface area (Å²) in [6.07, 6.45) is -1.94. The lowest BCUT2D eigenvalue weighted by atomic mass is 10.1. The highest BCUT2D eigenvalue weighted by molar-refractivity contribution is 6.30. The van der Waals surface area contributed by atoms with Crippen molar-refractivity contribution in [2.24, 2.45) is 5.73 Å². The van der Waals surface area contributed by atoms with E-state index in [0.717, 1.165) is 31.1 Å². The number of pyridine rings is 1. The van der Waals surface area contributed by atoms with Crippen LogP contribution in [0.3, 0.4) is 0 Å². The molecule has 8 nitrogen and oxygen atoms in total. The van der Waals surface area contributed by atoms with Crippen LogP contribution in [0.25, 0.3) is 0 Å². The van der Waals surface area contributed by atoms with Gasteiger partial charge in [0.15, 0.2) is 0 Å². The van der Waals surface area contributed by atoms with Crippen molar-refractivity contribution >= 4 is 40.6 Å². The van der Waals surface area contributed by atoms with E-state index in [2.05, 4.69) is 15.6 Å². The van der Waals surface area contributed by atoms with Crippen LogP contribution in [0, 0.1) is 0 Å². The van der Waals surface area contributed by atoms with E-state index in [0.29, 0.717) is 30.2 Å². The number of hydrogen-bond acceptors (Lipinski definition) is 6. The number of ether oxygens (including phenoxy) is 1. The summed E-state index contributed by atoms with van der Waals surface area (Å²) in [5, 5.41) is 6.08. The number of anilines is 3. The van der Waals surface area contributed by atoms with E-state index < -0.39 is 18.0 Å². The molecular weight excluding hydrogens is 535 g/mol. The number of rotatable bonds is 8. The number of halogens is 4. The highest BCUT2D eigenvalue weighted by Crippen LogP contribution is 2.36. The zero-order valence-corrected chi connectivity index (χ0v) is 21.6. The summed E-state index contributed by atoms with van der Waals surface area (Å²) in [5.41, 5.74) is 6.51. The number of nitrogens with one attached hydrogen (secondary N) is 2. The molecule has 206 valence electrons. The van der Waals surface area contributed by atoms with E-state index in [1.54, 1.807) is 18.2 Å². The summed E-state index contributed by atoms with van der Waals surface area (Å²) in [4.78, 5) is 30.3. The van der Waals surface area contributed by atoms with Crippen molar-refractivity contribution in [3.05, 3.63) is 76.9 Å². The number of amides is 2. The summed E-state index contributed by atoms with van der Waals surface area (Å²) in [7, 11) is 0. The Kier molecular flexibility index (Phi) is 9.05. The maximum Gasteiger partial charge on any atom is 0.472 e. The van der Waals surface area contributed by atoms with Crippen molar-refractivity contribution < 1.29 is 27.5 Å². The lowest BCUT2D eigenvalue weighted by Gasteiger charge is -2.26. The third-order valence-electron chi connectivity index (χ3n) is 6.05. The summed E-state index contributed by atoms with van der Waals surface area (Å²) >= 11 is 5.85. The van der Waals surface area contributed by atoms with Gasteiger partial charge in [0.1, 0.15) is 17.7 Å². The molecule has 1 aliphatic heterocycles. The number of para-hydroxylation sites is 2. The topological polar surface area (TPSA) is 110 Å². The highest BCUT2D eigenvalue weighted by atomic mass is 35.5. The first-order valence-electron chi connectivity index (χ1n) is 12.3. The number of piperidine rings is 1. The summed E-state index contributed by atoms with van der Waals surface area (Å²) < 4.78 is 47.0. The van der Waals surface area contributed by atoms with Crippen LogP contribution in [-0.4, -0.2) is 48.7 Å². The Hall–Kier alpha value is -3.67. The van der Waals surface area contributed by atoms with E-state index >= 15 is 0 Å². The molecule has 2 heterocycles. The number of benzene rings is 2. The number of aromatic nitrogens is 1. The maximum absolute atomic E-state index is 13.6. The zero-order valence-electron chi connectivity index (χ0n) is 20.8. The van der Waals surface area contributed by atoms with Crippen LogP contribution in [0.4, 0.5) is 30.4 Å². The fraction of sp³-hybridized carbons (Fsp3) is 0.296. The van der Waals surface area contributed by atoms with Crippen LogP contribution in [0.1, 0.15) is 28.8 Å². The van der Waals surface area contributed by atoms with Crippen molar-refractivity contribution in [1.29, 1.82) is 0 Å². The maximum atomic E-state index is 13.6. The zero-order chi connectivity index (χ0) is 28.0. The van der Waals surface area contributed by atoms with Gasteiger partial charge in [0.25, 0.3) is 5.91 Å². The van der Waals surface area contributed by atoms with Gasteiger partial charge in [0, 0.05) is 12.7 Å². The van der Waals surface area contributed by atoms with E-state index in [-0.39, 0.29) is 33.9 Å². The van der Waals surface area contributed by atoms with E-state index in [1.165, 1.54) is 36.4 Å². The van der Waals surface area contributed by atoms with Gasteiger partial charge in [-0.2, -0.15) is 13.2 Å². The predicted octanol–water partition coefficient (Wildman–Crippen LogP) is 4.85. The third kappa shape index (κ3) is 7.05. The molecule has 1 atom stereocenters. The molecule has 39 heavy (non-hydrogen) atoms. The lowest BCUT2D eigenvalue weighted by molar-refractivity contribution is -0.169. The number of carbonyl (C=O) groups is 2. The van der Waals surface area contributed by atoms with Crippen molar-refractivity contribution in [3.63, 3.8) is 0 Å². The van der Waals surface area contributed by atoms with Crippen molar-refractivity contribution in [2.45, 2.75) is 31.5 Å². The number of hydrogen-bond donors (Lipinski definition) is 3. The first-order chi connectivity index (χ1) is 18.7. The van der Waals surface area contributed by atoms with Crippen LogP contribution in [0.15, 0.2) is 60.8 Å². The molecule has 4 rings (SSSR count). The quantitative estimate of drug-likeness (QED) is 0.363. The van der Waals surface area contributed by atoms with Crippen molar-refractivity contribution in [1.82, 2.24) is 10.3 Å². The fourth-order valence-electron chi connectivity index (χ4n) is 4.20. The van der Waals surface area contributed by atoms with Crippen molar-refractivity contribution in [3.8, 4) is 5.75 Å². The second kappa shape index (κ2) is 12.5. The monoisotopic (exact) mass is 561 g/mol. The summed E-state index contributed by atoms with van der Waals surface area (Å²) in [6.45, 7) is 1.91. The lowest BCUT2D eigenvalue weighted by Crippen LogP contribution is -2.39. The number of carbonyl (C=O) groups excluding carboxylic acids is 2. The molecule has 0 saturated carbocycles. The second-order valence-electron chi connectivity index (χ2n) is 8.90. The van der Waals surface area contributed by atoms with Gasteiger partial charge in [0.05, 0.1) is 22.0 Å². The molecule has 1 fully saturated rings. The third-order valence-corrected chi connectivity index (χ3v) is 6.27. The Balaban J connectivity index is 1.70. The fourth-order valence-corrected chi connectivity index (χ4v) is 4.31. The molecule has 0 aliphatic carbocycles. The second-order valence-corrected chi connectivity index (χ2v) is 9.34. The van der Waals surface area contributed by atoms with E-state index in [1.807, 2.05) is 0 Å². The van der Waals surface area contributed by atoms with Gasteiger partial charge in [-0.05, 0) is 74.3 Å². The molecule has 0 bridgehead atoms. The molecule has 3 aromatic rings. The van der Waals surface area contributed by atoms with Gasteiger partial charge in [-0.25, -0.2) is 4.98 Å². The number of nitrogens with zero attached hydrogens (tertiary/aromatic N) is 2. The van der Waals surface area contributed by atoms with E-state index in [4.69, 9.17) is 22.1 Å². The Morgan fingerprint density at radius 1 is 1.18 bits per heavy atom. The van der Waals surface area contributed by atoms with Crippen molar-refractivity contribution in [2.75, 3.05) is 29.9 Å². The molecule has 0 radical (unpaired) electrons. The average Bonchev–Trinajstić information content (AvgIpc) is 2.91. The highest BCUT2D eigenvalue weighted by Gasteiger charge is 2.44. The molecule has 1 saturated heterocycles. The van der Waals surface area contributed by atoms with Gasteiger partial charge >= 0.3 is 12.1 Å². The molecule has 12 heteroatoms. The molecule has 0 spiro atoms. The molecule has 2 aromatic carbocycles. The predicted molar refractivity (Wildman–Crippen MR) is 143 cm³/mol. The van der Waals surface area contributed by atoms with Gasteiger partial charge < -0.3 is 21.1 Å². The van der Waals surface area contributed by atoms with Gasteiger partial charge in [-0.1, -0.05) is 29.8 Å². The first kappa shape index (κ1) is 28.3. The smallest absolute Gasteiger partial charge is 0.472 e. The first-order valence-corrected chi connectivity index (χ1v) is 12.7. The van der Waals surface area contributed by atoms with Gasteiger partial charge in [0.2, 0.25) is 0 Å². The molecule has 1 unspecified atom stereocenters. The van der Waals surface area contributed by atoms with Crippen LogP contribution in [0.2, 0.25) is 5.02 Å². The van der Waals surface area contributed by atoms with E-state index in [9.17, 15) is 22.8 Å². The standard InChI is InChI=1S/C27H27ClF3N5O3/c28-18-8-10-24(34-15-18)36(26(38)27(29,30)31)22-6-2-1-5-21(22)35-25(37)20-9-7-17(11-12-32)14-23(20)39-19-4-3-13-33-16-19/h1-2,5-10,14-15,19,33H,3-4,11-13,16,32H2,(H,35,37). The molecule has 4 N–H and O–H groups in total. The molecule has 2 amide bonds. The normalized spacial score (nSPS) is 15.5. The number of alkyl halides is 3. The average molecular weight is 562 g/mol. The SMILES string of the molecule is NCCc1ccc(C(=O)Nc2ccccc2N(C(=O)C(F)(F)F)c2ccc(Cl)cn2)c(OC2CCCNC2)c1. The Bertz CT molecular complexity index is 1310. The minimum absolute atomic E-state index is 0.0341.